The summed E-state index contributed by atoms with van der Waals surface area (Å²) in [4.78, 5) is 22.0. The van der Waals surface area contributed by atoms with Crippen molar-refractivity contribution in [1.29, 1.82) is 0 Å². The van der Waals surface area contributed by atoms with Crippen LogP contribution >= 0.6 is 23.2 Å². The molecule has 2 atom stereocenters. The highest BCUT2D eigenvalue weighted by atomic mass is 35.5. The average Bonchev–Trinajstić information content (AvgIpc) is 2.89. The number of carbonyl (C=O) groups is 1. The van der Waals surface area contributed by atoms with Gasteiger partial charge < -0.3 is 24.4 Å². The Morgan fingerprint density at radius 1 is 1.18 bits per heavy atom. The summed E-state index contributed by atoms with van der Waals surface area (Å²) in [6.07, 6.45) is -2.78. The first-order chi connectivity index (χ1) is 18.1. The molecule has 2 aliphatic heterocycles. The van der Waals surface area contributed by atoms with Gasteiger partial charge in [0.25, 0.3) is 5.91 Å². The summed E-state index contributed by atoms with van der Waals surface area (Å²) in [6.45, 7) is 3.28. The number of piperidine rings is 1. The highest BCUT2D eigenvalue weighted by molar-refractivity contribution is 6.42. The number of methoxy groups -OCH3 is 1. The first-order valence-corrected chi connectivity index (χ1v) is 13.0. The van der Waals surface area contributed by atoms with Gasteiger partial charge in [-0.05, 0) is 43.9 Å². The number of halogens is 5. The molecule has 208 valence electrons. The summed E-state index contributed by atoms with van der Waals surface area (Å²) in [7, 11) is 1.65. The third kappa shape index (κ3) is 6.87. The van der Waals surface area contributed by atoms with Crippen LogP contribution in [0, 0.1) is 6.92 Å². The number of ether oxygens (including phenoxy) is 3. The Labute approximate surface area is 228 Å². The zero-order valence-corrected chi connectivity index (χ0v) is 22.5. The van der Waals surface area contributed by atoms with Crippen molar-refractivity contribution in [2.75, 3.05) is 33.4 Å². The van der Waals surface area contributed by atoms with Crippen LogP contribution in [0.3, 0.4) is 0 Å². The molecule has 2 aliphatic rings. The predicted octanol–water partition coefficient (Wildman–Crippen LogP) is 4.69. The fraction of sp³-hybridized carbons (Fsp3) is 0.560. The molecule has 38 heavy (non-hydrogen) atoms. The molecule has 0 bridgehead atoms. The molecule has 1 amide bonds. The number of nitrogens with zero attached hydrogens (tertiary/aromatic N) is 3. The lowest BCUT2D eigenvalue weighted by Gasteiger charge is -2.38. The summed E-state index contributed by atoms with van der Waals surface area (Å²) >= 11 is 11.9. The van der Waals surface area contributed by atoms with E-state index < -0.39 is 17.9 Å². The van der Waals surface area contributed by atoms with Crippen molar-refractivity contribution >= 4 is 29.1 Å². The van der Waals surface area contributed by atoms with Gasteiger partial charge in [0.1, 0.15) is 12.3 Å². The van der Waals surface area contributed by atoms with Crippen LogP contribution in [-0.2, 0) is 22.3 Å². The number of benzene rings is 1. The molecule has 0 unspecified atom stereocenters. The second-order valence-electron chi connectivity index (χ2n) is 9.34. The van der Waals surface area contributed by atoms with Gasteiger partial charge in [-0.3, -0.25) is 4.79 Å². The Balaban J connectivity index is 1.46. The Kier molecular flexibility index (Phi) is 9.36. The standard InChI is InChI=1S/C25H29Cl2F3N4O4/c1-14-21(23(35)34-8-5-16(6-9-34)31-19-7-10-37-13-20(19)36-2)32-24(25(28,29)30)33-22(14)38-12-15-3-4-17(26)18(27)11-15/h3-4,11,16,19-20,31H,5-10,12-13H2,1-2H3/t19-,20+/m0/s1. The molecule has 4 rings (SSSR count). The van der Waals surface area contributed by atoms with Crippen LogP contribution in [0.2, 0.25) is 10.0 Å². The molecule has 0 aliphatic carbocycles. The van der Waals surface area contributed by atoms with Crippen molar-refractivity contribution in [2.24, 2.45) is 0 Å². The number of carbonyl (C=O) groups excluding carboxylic acids is 1. The molecule has 8 nitrogen and oxygen atoms in total. The topological polar surface area (TPSA) is 85.8 Å². The van der Waals surface area contributed by atoms with Crippen LogP contribution in [0.25, 0.3) is 0 Å². The lowest BCUT2D eigenvalue weighted by atomic mass is 9.99. The quantitative estimate of drug-likeness (QED) is 0.512. The number of likely N-dealkylation sites (tertiary alicyclic amines) is 1. The molecule has 1 aromatic carbocycles. The maximum atomic E-state index is 13.6. The molecule has 2 saturated heterocycles. The van der Waals surface area contributed by atoms with Crippen molar-refractivity contribution in [1.82, 2.24) is 20.2 Å². The predicted molar refractivity (Wildman–Crippen MR) is 135 cm³/mol. The Bertz CT molecular complexity index is 1150. The number of aromatic nitrogens is 2. The zero-order chi connectivity index (χ0) is 27.4. The molecule has 13 heteroatoms. The third-order valence-corrected chi connectivity index (χ3v) is 7.49. The van der Waals surface area contributed by atoms with Gasteiger partial charge in [0, 0.05) is 44.5 Å². The lowest BCUT2D eigenvalue weighted by molar-refractivity contribution is -0.145. The zero-order valence-electron chi connectivity index (χ0n) is 21.0. The number of alkyl halides is 3. The molecular formula is C25H29Cl2F3N4O4. The Morgan fingerprint density at radius 2 is 1.92 bits per heavy atom. The largest absolute Gasteiger partial charge is 0.472 e. The fourth-order valence-corrected chi connectivity index (χ4v) is 4.91. The first-order valence-electron chi connectivity index (χ1n) is 12.2. The number of hydrogen-bond donors (Lipinski definition) is 1. The highest BCUT2D eigenvalue weighted by Gasteiger charge is 2.38. The van der Waals surface area contributed by atoms with Gasteiger partial charge in [0.05, 0.1) is 22.8 Å². The van der Waals surface area contributed by atoms with Gasteiger partial charge in [-0.15, -0.1) is 0 Å². The minimum absolute atomic E-state index is 0.0461. The van der Waals surface area contributed by atoms with E-state index in [0.29, 0.717) is 49.7 Å². The van der Waals surface area contributed by atoms with Gasteiger partial charge in [0.2, 0.25) is 11.7 Å². The Hall–Kier alpha value is -2.18. The molecule has 2 fully saturated rings. The molecule has 1 N–H and O–H groups in total. The number of amides is 1. The van der Waals surface area contributed by atoms with E-state index in [9.17, 15) is 18.0 Å². The second-order valence-corrected chi connectivity index (χ2v) is 10.2. The SMILES string of the molecule is CO[C@@H]1COCC[C@@H]1NC1CCN(C(=O)c2nc(C(F)(F)F)nc(OCc3ccc(Cl)c(Cl)c3)c2C)CC1. The molecule has 3 heterocycles. The van der Waals surface area contributed by atoms with E-state index in [0.717, 1.165) is 6.42 Å². The van der Waals surface area contributed by atoms with Crippen LogP contribution in [0.15, 0.2) is 18.2 Å². The van der Waals surface area contributed by atoms with Crippen molar-refractivity contribution in [3.05, 3.63) is 50.9 Å². The number of nitrogens with one attached hydrogen (secondary N) is 1. The maximum absolute atomic E-state index is 13.6. The van der Waals surface area contributed by atoms with E-state index in [1.807, 2.05) is 0 Å². The van der Waals surface area contributed by atoms with Crippen molar-refractivity contribution < 1.29 is 32.2 Å². The van der Waals surface area contributed by atoms with Crippen LogP contribution in [0.4, 0.5) is 13.2 Å². The van der Waals surface area contributed by atoms with E-state index in [2.05, 4.69) is 15.3 Å². The van der Waals surface area contributed by atoms with Gasteiger partial charge in [-0.1, -0.05) is 29.3 Å². The van der Waals surface area contributed by atoms with Crippen LogP contribution in [-0.4, -0.2) is 72.4 Å². The normalized spacial score (nSPS) is 21.0. The third-order valence-electron chi connectivity index (χ3n) is 6.76. The smallest absolute Gasteiger partial charge is 0.451 e. The van der Waals surface area contributed by atoms with E-state index in [1.165, 1.54) is 11.8 Å². The van der Waals surface area contributed by atoms with E-state index >= 15 is 0 Å². The molecule has 0 saturated carbocycles. The summed E-state index contributed by atoms with van der Waals surface area (Å²) in [6, 6.07) is 5.04. The Morgan fingerprint density at radius 3 is 2.58 bits per heavy atom. The average molecular weight is 577 g/mol. The van der Waals surface area contributed by atoms with Gasteiger partial charge in [-0.25, -0.2) is 4.98 Å². The van der Waals surface area contributed by atoms with Crippen LogP contribution in [0.1, 0.15) is 46.7 Å². The van der Waals surface area contributed by atoms with Crippen molar-refractivity contribution in [3.63, 3.8) is 0 Å². The molecular weight excluding hydrogens is 548 g/mol. The van der Waals surface area contributed by atoms with Gasteiger partial charge in [-0.2, -0.15) is 18.2 Å². The summed E-state index contributed by atoms with van der Waals surface area (Å²) in [5.74, 6) is -2.34. The monoisotopic (exact) mass is 576 g/mol. The van der Waals surface area contributed by atoms with Gasteiger partial charge in [0.15, 0.2) is 0 Å². The van der Waals surface area contributed by atoms with E-state index in [-0.39, 0.29) is 47.0 Å². The molecule has 1 aromatic heterocycles. The highest BCUT2D eigenvalue weighted by Crippen LogP contribution is 2.31. The minimum Gasteiger partial charge on any atom is -0.472 e. The lowest BCUT2D eigenvalue weighted by Crippen LogP contribution is -2.54. The summed E-state index contributed by atoms with van der Waals surface area (Å²) < 4.78 is 57.4. The summed E-state index contributed by atoms with van der Waals surface area (Å²) in [5.41, 5.74) is 0.383. The van der Waals surface area contributed by atoms with E-state index in [1.54, 1.807) is 25.3 Å². The van der Waals surface area contributed by atoms with Gasteiger partial charge >= 0.3 is 6.18 Å². The van der Waals surface area contributed by atoms with Crippen molar-refractivity contribution in [2.45, 2.75) is 57.2 Å². The summed E-state index contributed by atoms with van der Waals surface area (Å²) in [5, 5.41) is 4.22. The number of rotatable bonds is 7. The first kappa shape index (κ1) is 28.8. The van der Waals surface area contributed by atoms with Crippen LogP contribution < -0.4 is 10.1 Å². The second kappa shape index (κ2) is 12.3. The molecule has 2 aromatic rings. The van der Waals surface area contributed by atoms with Crippen molar-refractivity contribution in [3.8, 4) is 5.88 Å². The van der Waals surface area contributed by atoms with E-state index in [4.69, 9.17) is 37.4 Å². The fourth-order valence-electron chi connectivity index (χ4n) is 4.59. The maximum Gasteiger partial charge on any atom is 0.451 e. The number of hydrogen-bond acceptors (Lipinski definition) is 7. The minimum atomic E-state index is -4.86. The molecule has 0 spiro atoms. The molecule has 0 radical (unpaired) electrons. The van der Waals surface area contributed by atoms with Crippen LogP contribution in [0.5, 0.6) is 5.88 Å².